The number of carbonyl (C=O) groups is 1. The number of carbonyl (C=O) groups excluding carboxylic acids is 1. The second-order valence-corrected chi connectivity index (χ2v) is 5.30. The smallest absolute Gasteiger partial charge is 0.282 e. The van der Waals surface area contributed by atoms with Gasteiger partial charge in [-0.05, 0) is 18.2 Å². The molecule has 124 valence electrons. The summed E-state index contributed by atoms with van der Waals surface area (Å²) in [5, 5.41) is 14.1. The maximum absolute atomic E-state index is 13.0. The first-order valence-corrected chi connectivity index (χ1v) is 7.13. The molecule has 0 aliphatic carbocycles. The van der Waals surface area contributed by atoms with Gasteiger partial charge in [0.1, 0.15) is 5.69 Å². The molecule has 0 fully saturated rings. The van der Waals surface area contributed by atoms with Gasteiger partial charge in [0.15, 0.2) is 0 Å². The summed E-state index contributed by atoms with van der Waals surface area (Å²) in [6.45, 7) is 0. The lowest BCUT2D eigenvalue weighted by Crippen LogP contribution is -2.15. The fourth-order valence-electron chi connectivity index (χ4n) is 2.18. The summed E-state index contributed by atoms with van der Waals surface area (Å²) in [7, 11) is 1.46. The first kappa shape index (κ1) is 16.1. The summed E-state index contributed by atoms with van der Waals surface area (Å²) >= 11 is 5.96. The third-order valence-electron chi connectivity index (χ3n) is 3.18. The van der Waals surface area contributed by atoms with Crippen molar-refractivity contribution in [2.24, 2.45) is 7.05 Å². The zero-order valence-corrected chi connectivity index (χ0v) is 13.1. The van der Waals surface area contributed by atoms with Crippen LogP contribution in [0, 0.1) is 0 Å². The normalized spacial score (nSPS) is 11.0. The van der Waals surface area contributed by atoms with Crippen molar-refractivity contribution >= 4 is 23.2 Å². The number of rotatable bonds is 4. The number of anilines is 1. The molecule has 1 amide bonds. The standard InChI is InChI=1S/C14H11ClF2N6O/c1-22-7-9(12(20-22)13(16)17)14(24)19-10-6-8(15)2-3-11(10)23-5-4-18-21-23/h2-7,13H,1H3,(H,19,24). The zero-order chi connectivity index (χ0) is 17.3. The van der Waals surface area contributed by atoms with E-state index in [4.69, 9.17) is 11.6 Å². The number of alkyl halides is 2. The van der Waals surface area contributed by atoms with E-state index in [-0.39, 0.29) is 5.56 Å². The molecule has 0 saturated carbocycles. The van der Waals surface area contributed by atoms with Crippen molar-refractivity contribution in [1.29, 1.82) is 0 Å². The van der Waals surface area contributed by atoms with E-state index in [9.17, 15) is 13.6 Å². The Morgan fingerprint density at radius 1 is 1.38 bits per heavy atom. The highest BCUT2D eigenvalue weighted by atomic mass is 35.5. The molecule has 0 saturated heterocycles. The molecule has 3 rings (SSSR count). The van der Waals surface area contributed by atoms with Crippen LogP contribution in [-0.4, -0.2) is 30.7 Å². The summed E-state index contributed by atoms with van der Waals surface area (Å²) in [4.78, 5) is 12.4. The SMILES string of the molecule is Cn1cc(C(=O)Nc2cc(Cl)ccc2-n2ccnn2)c(C(F)F)n1. The number of benzene rings is 1. The van der Waals surface area contributed by atoms with E-state index in [1.807, 2.05) is 0 Å². The summed E-state index contributed by atoms with van der Waals surface area (Å²) in [5.74, 6) is -0.720. The topological polar surface area (TPSA) is 77.6 Å². The van der Waals surface area contributed by atoms with Crippen LogP contribution in [0.1, 0.15) is 22.5 Å². The lowest BCUT2D eigenvalue weighted by atomic mass is 10.2. The number of amides is 1. The molecule has 0 radical (unpaired) electrons. The third kappa shape index (κ3) is 3.11. The van der Waals surface area contributed by atoms with Gasteiger partial charge in [0, 0.05) is 18.3 Å². The molecule has 0 unspecified atom stereocenters. The lowest BCUT2D eigenvalue weighted by molar-refractivity contribution is 0.101. The molecule has 10 heteroatoms. The van der Waals surface area contributed by atoms with Gasteiger partial charge in [-0.25, -0.2) is 13.5 Å². The molecule has 0 bridgehead atoms. The van der Waals surface area contributed by atoms with Crippen LogP contribution in [0.15, 0.2) is 36.8 Å². The number of nitrogens with one attached hydrogen (secondary N) is 1. The highest BCUT2D eigenvalue weighted by Gasteiger charge is 2.23. The van der Waals surface area contributed by atoms with E-state index in [2.05, 4.69) is 20.7 Å². The predicted octanol–water partition coefficient (Wildman–Crippen LogP) is 2.84. The maximum atomic E-state index is 13.0. The van der Waals surface area contributed by atoms with E-state index >= 15 is 0 Å². The quantitative estimate of drug-likeness (QED) is 0.783. The monoisotopic (exact) mass is 352 g/mol. The molecule has 0 atom stereocenters. The molecule has 24 heavy (non-hydrogen) atoms. The minimum Gasteiger partial charge on any atom is -0.320 e. The maximum Gasteiger partial charge on any atom is 0.282 e. The zero-order valence-electron chi connectivity index (χ0n) is 12.3. The van der Waals surface area contributed by atoms with Crippen LogP contribution >= 0.6 is 11.6 Å². The van der Waals surface area contributed by atoms with Gasteiger partial charge in [-0.2, -0.15) is 5.10 Å². The van der Waals surface area contributed by atoms with Gasteiger partial charge < -0.3 is 5.32 Å². The molecule has 0 spiro atoms. The van der Waals surface area contributed by atoms with Crippen molar-refractivity contribution < 1.29 is 13.6 Å². The lowest BCUT2D eigenvalue weighted by Gasteiger charge is -2.11. The molecule has 0 aliphatic heterocycles. The van der Waals surface area contributed by atoms with Gasteiger partial charge >= 0.3 is 0 Å². The van der Waals surface area contributed by atoms with Gasteiger partial charge in [-0.3, -0.25) is 9.48 Å². The van der Waals surface area contributed by atoms with Crippen LogP contribution in [0.3, 0.4) is 0 Å². The number of aromatic nitrogens is 5. The van der Waals surface area contributed by atoms with Crippen LogP contribution in [0.5, 0.6) is 0 Å². The van der Waals surface area contributed by atoms with Gasteiger partial charge in [0.2, 0.25) is 0 Å². The van der Waals surface area contributed by atoms with Crippen molar-refractivity contribution in [3.63, 3.8) is 0 Å². The largest absolute Gasteiger partial charge is 0.320 e. The molecular formula is C14H11ClF2N6O. The summed E-state index contributed by atoms with van der Waals surface area (Å²) in [5.41, 5.74) is 0.00570. The molecule has 2 heterocycles. The Hall–Kier alpha value is -2.81. The summed E-state index contributed by atoms with van der Waals surface area (Å²) < 4.78 is 28.6. The van der Waals surface area contributed by atoms with Crippen molar-refractivity contribution in [2.75, 3.05) is 5.32 Å². The van der Waals surface area contributed by atoms with E-state index in [1.54, 1.807) is 18.3 Å². The fraction of sp³-hybridized carbons (Fsp3) is 0.143. The number of halogens is 3. The number of aryl methyl sites for hydroxylation is 1. The first-order valence-electron chi connectivity index (χ1n) is 6.75. The molecule has 1 N–H and O–H groups in total. The highest BCUT2D eigenvalue weighted by molar-refractivity contribution is 6.31. The molecule has 7 nitrogen and oxygen atoms in total. The van der Waals surface area contributed by atoms with Gasteiger partial charge in [0.05, 0.1) is 29.3 Å². The molecular weight excluding hydrogens is 342 g/mol. The van der Waals surface area contributed by atoms with Gasteiger partial charge in [-0.15, -0.1) is 5.10 Å². The minimum absolute atomic E-state index is 0.211. The van der Waals surface area contributed by atoms with E-state index in [0.717, 1.165) is 4.68 Å². The van der Waals surface area contributed by atoms with E-state index < -0.39 is 18.0 Å². The Balaban J connectivity index is 1.97. The van der Waals surface area contributed by atoms with Crippen LogP contribution in [0.25, 0.3) is 5.69 Å². The molecule has 1 aromatic carbocycles. The fourth-order valence-corrected chi connectivity index (χ4v) is 2.35. The first-order chi connectivity index (χ1) is 11.5. The average molecular weight is 353 g/mol. The van der Waals surface area contributed by atoms with Crippen molar-refractivity contribution in [2.45, 2.75) is 6.43 Å². The number of hydrogen-bond acceptors (Lipinski definition) is 4. The Bertz CT molecular complexity index is 878. The number of hydrogen-bond donors (Lipinski definition) is 1. The third-order valence-corrected chi connectivity index (χ3v) is 3.42. The van der Waals surface area contributed by atoms with E-state index in [0.29, 0.717) is 16.4 Å². The highest BCUT2D eigenvalue weighted by Crippen LogP contribution is 2.26. The second kappa shape index (κ2) is 6.36. The van der Waals surface area contributed by atoms with Gasteiger partial charge in [0.25, 0.3) is 12.3 Å². The van der Waals surface area contributed by atoms with Crippen LogP contribution < -0.4 is 5.32 Å². The Labute approximate surface area is 139 Å². The number of nitrogens with zero attached hydrogens (tertiary/aromatic N) is 5. The van der Waals surface area contributed by atoms with Crippen molar-refractivity contribution in [3.8, 4) is 5.69 Å². The Morgan fingerprint density at radius 3 is 2.83 bits per heavy atom. The van der Waals surface area contributed by atoms with Crippen LogP contribution in [-0.2, 0) is 7.05 Å². The van der Waals surface area contributed by atoms with Gasteiger partial charge in [-0.1, -0.05) is 16.8 Å². The molecule has 3 aromatic rings. The Kier molecular flexibility index (Phi) is 4.26. The summed E-state index contributed by atoms with van der Waals surface area (Å²) in [6, 6.07) is 4.74. The Morgan fingerprint density at radius 2 is 2.17 bits per heavy atom. The van der Waals surface area contributed by atoms with Crippen molar-refractivity contribution in [1.82, 2.24) is 24.8 Å². The van der Waals surface area contributed by atoms with Crippen molar-refractivity contribution in [3.05, 3.63) is 53.1 Å². The van der Waals surface area contributed by atoms with Crippen LogP contribution in [0.2, 0.25) is 5.02 Å². The summed E-state index contributed by atoms with van der Waals surface area (Å²) in [6.07, 6.45) is 1.42. The molecule has 0 aliphatic rings. The second-order valence-electron chi connectivity index (χ2n) is 4.87. The van der Waals surface area contributed by atoms with E-state index in [1.165, 1.54) is 30.2 Å². The van der Waals surface area contributed by atoms with Crippen LogP contribution in [0.4, 0.5) is 14.5 Å². The molecule has 2 aromatic heterocycles. The predicted molar refractivity (Wildman–Crippen MR) is 82.5 cm³/mol. The minimum atomic E-state index is -2.86. The average Bonchev–Trinajstić information content (AvgIpc) is 3.16.